The predicted molar refractivity (Wildman–Crippen MR) is 109 cm³/mol. The molecule has 2 rings (SSSR count). The van der Waals surface area contributed by atoms with Crippen molar-refractivity contribution in [3.05, 3.63) is 60.7 Å². The lowest BCUT2D eigenvalue weighted by molar-refractivity contribution is -0.139. The molecule has 2 aromatic carbocycles. The quantitative estimate of drug-likeness (QED) is 0.214. The van der Waals surface area contributed by atoms with Crippen LogP contribution in [0.2, 0.25) is 0 Å². The van der Waals surface area contributed by atoms with Crippen LogP contribution in [0.15, 0.2) is 70.9 Å². The Morgan fingerprint density at radius 2 is 1.39 bits per heavy atom. The first-order valence-electron chi connectivity index (χ1n) is 9.20. The van der Waals surface area contributed by atoms with Crippen LogP contribution in [0.1, 0.15) is 26.2 Å². The number of ether oxygens (including phenoxy) is 3. The standard InChI is InChI=1S/C22H26N2O4/c1-17(2)22(25)28-16-6-4-5-15-27-21-13-9-19(10-14-21)24-23-18-7-11-20(26-3)12-8-18/h7-14H,1,4-6,15-16H2,2-3H3. The van der Waals surface area contributed by atoms with Crippen molar-refractivity contribution in [3.63, 3.8) is 0 Å². The first-order chi connectivity index (χ1) is 13.6. The van der Waals surface area contributed by atoms with Gasteiger partial charge >= 0.3 is 5.97 Å². The molecule has 0 heterocycles. The third-order valence-corrected chi connectivity index (χ3v) is 3.83. The summed E-state index contributed by atoms with van der Waals surface area (Å²) >= 11 is 0. The molecular formula is C22H26N2O4. The maximum absolute atomic E-state index is 11.2. The van der Waals surface area contributed by atoms with Crippen molar-refractivity contribution in [2.75, 3.05) is 20.3 Å². The highest BCUT2D eigenvalue weighted by atomic mass is 16.5. The molecule has 0 fully saturated rings. The Labute approximate surface area is 165 Å². The maximum Gasteiger partial charge on any atom is 0.333 e. The Bertz CT molecular complexity index is 783. The molecule has 0 aliphatic carbocycles. The number of methoxy groups -OCH3 is 1. The van der Waals surface area contributed by atoms with Gasteiger partial charge in [0.1, 0.15) is 11.5 Å². The van der Waals surface area contributed by atoms with E-state index in [1.807, 2.05) is 48.5 Å². The lowest BCUT2D eigenvalue weighted by atomic mass is 10.2. The van der Waals surface area contributed by atoms with E-state index in [1.165, 1.54) is 0 Å². The highest BCUT2D eigenvalue weighted by Gasteiger charge is 2.02. The Kier molecular flexibility index (Phi) is 8.72. The summed E-state index contributed by atoms with van der Waals surface area (Å²) in [4.78, 5) is 11.2. The topological polar surface area (TPSA) is 69.5 Å². The summed E-state index contributed by atoms with van der Waals surface area (Å²) in [5.74, 6) is 1.24. The van der Waals surface area contributed by atoms with E-state index in [1.54, 1.807) is 14.0 Å². The summed E-state index contributed by atoms with van der Waals surface area (Å²) in [6, 6.07) is 14.8. The second kappa shape index (κ2) is 11.5. The number of carbonyl (C=O) groups is 1. The minimum absolute atomic E-state index is 0.333. The summed E-state index contributed by atoms with van der Waals surface area (Å²) in [7, 11) is 1.63. The van der Waals surface area contributed by atoms with E-state index in [2.05, 4.69) is 16.8 Å². The number of azo groups is 1. The Morgan fingerprint density at radius 1 is 0.857 bits per heavy atom. The van der Waals surface area contributed by atoms with E-state index in [4.69, 9.17) is 14.2 Å². The van der Waals surface area contributed by atoms with Crippen LogP contribution in [0.3, 0.4) is 0 Å². The van der Waals surface area contributed by atoms with E-state index >= 15 is 0 Å². The van der Waals surface area contributed by atoms with Crippen molar-refractivity contribution in [2.45, 2.75) is 26.2 Å². The first kappa shape index (κ1) is 21.2. The molecule has 0 saturated heterocycles. The molecule has 0 N–H and O–H groups in total. The second-order valence-electron chi connectivity index (χ2n) is 6.22. The molecule has 0 amide bonds. The number of benzene rings is 2. The molecule has 28 heavy (non-hydrogen) atoms. The normalized spacial score (nSPS) is 10.6. The SMILES string of the molecule is C=C(C)C(=O)OCCCCCOc1ccc(N=Nc2ccc(OC)cc2)cc1. The maximum atomic E-state index is 11.2. The molecule has 0 aliphatic rings. The van der Waals surface area contributed by atoms with E-state index in [9.17, 15) is 4.79 Å². The fourth-order valence-corrected chi connectivity index (χ4v) is 2.23. The second-order valence-corrected chi connectivity index (χ2v) is 6.22. The summed E-state index contributed by atoms with van der Waals surface area (Å²) < 4.78 is 15.9. The van der Waals surface area contributed by atoms with Crippen molar-refractivity contribution in [1.29, 1.82) is 0 Å². The Morgan fingerprint density at radius 3 is 1.93 bits per heavy atom. The molecule has 148 valence electrons. The number of hydrogen-bond donors (Lipinski definition) is 0. The minimum atomic E-state index is -0.333. The molecule has 0 saturated carbocycles. The van der Waals surface area contributed by atoms with Crippen LogP contribution in [0, 0.1) is 0 Å². The zero-order valence-electron chi connectivity index (χ0n) is 16.4. The van der Waals surface area contributed by atoms with Gasteiger partial charge in [-0.05, 0) is 74.7 Å². The third kappa shape index (κ3) is 7.61. The average Bonchev–Trinajstić information content (AvgIpc) is 2.72. The van der Waals surface area contributed by atoms with Gasteiger partial charge in [-0.3, -0.25) is 0 Å². The summed E-state index contributed by atoms with van der Waals surface area (Å²) in [6.07, 6.45) is 2.63. The van der Waals surface area contributed by atoms with E-state index < -0.39 is 0 Å². The van der Waals surface area contributed by atoms with Gasteiger partial charge in [0, 0.05) is 5.57 Å². The Balaban J connectivity index is 1.66. The van der Waals surface area contributed by atoms with Crippen molar-refractivity contribution < 1.29 is 19.0 Å². The molecule has 0 atom stereocenters. The van der Waals surface area contributed by atoms with Crippen LogP contribution < -0.4 is 9.47 Å². The summed E-state index contributed by atoms with van der Waals surface area (Å²) in [6.45, 7) is 6.21. The van der Waals surface area contributed by atoms with Gasteiger partial charge in [-0.1, -0.05) is 6.58 Å². The van der Waals surface area contributed by atoms with Gasteiger partial charge in [0.2, 0.25) is 0 Å². The highest BCUT2D eigenvalue weighted by molar-refractivity contribution is 5.86. The van der Waals surface area contributed by atoms with Crippen LogP contribution in [0.25, 0.3) is 0 Å². The van der Waals surface area contributed by atoms with Gasteiger partial charge in [0.05, 0.1) is 31.7 Å². The molecule has 0 radical (unpaired) electrons. The molecule has 0 aliphatic heterocycles. The van der Waals surface area contributed by atoms with E-state index in [0.29, 0.717) is 18.8 Å². The van der Waals surface area contributed by atoms with Crippen LogP contribution >= 0.6 is 0 Å². The smallest absolute Gasteiger partial charge is 0.333 e. The van der Waals surface area contributed by atoms with E-state index in [0.717, 1.165) is 42.1 Å². The van der Waals surface area contributed by atoms with Gasteiger partial charge in [0.15, 0.2) is 0 Å². The molecule has 0 aromatic heterocycles. The van der Waals surface area contributed by atoms with Gasteiger partial charge < -0.3 is 14.2 Å². The van der Waals surface area contributed by atoms with Crippen LogP contribution in [0.5, 0.6) is 11.5 Å². The van der Waals surface area contributed by atoms with Gasteiger partial charge in [0.25, 0.3) is 0 Å². The highest BCUT2D eigenvalue weighted by Crippen LogP contribution is 2.23. The number of rotatable bonds is 11. The lowest BCUT2D eigenvalue weighted by Crippen LogP contribution is -2.06. The number of hydrogen-bond acceptors (Lipinski definition) is 6. The predicted octanol–water partition coefficient (Wildman–Crippen LogP) is 5.78. The number of unbranched alkanes of at least 4 members (excludes halogenated alkanes) is 2. The molecule has 6 heteroatoms. The Hall–Kier alpha value is -3.15. The fraction of sp³-hybridized carbons (Fsp3) is 0.318. The van der Waals surface area contributed by atoms with Crippen molar-refractivity contribution in [1.82, 2.24) is 0 Å². The molecule has 6 nitrogen and oxygen atoms in total. The first-order valence-corrected chi connectivity index (χ1v) is 9.20. The third-order valence-electron chi connectivity index (χ3n) is 3.83. The van der Waals surface area contributed by atoms with Crippen LogP contribution in [-0.4, -0.2) is 26.3 Å². The molecule has 2 aromatic rings. The van der Waals surface area contributed by atoms with Gasteiger partial charge in [-0.25, -0.2) is 4.79 Å². The van der Waals surface area contributed by atoms with Crippen molar-refractivity contribution in [2.24, 2.45) is 10.2 Å². The van der Waals surface area contributed by atoms with Gasteiger partial charge in [-0.15, -0.1) is 0 Å². The zero-order valence-corrected chi connectivity index (χ0v) is 16.4. The van der Waals surface area contributed by atoms with Crippen LogP contribution in [-0.2, 0) is 9.53 Å². The van der Waals surface area contributed by atoms with Crippen molar-refractivity contribution in [3.8, 4) is 11.5 Å². The summed E-state index contributed by atoms with van der Waals surface area (Å²) in [5.41, 5.74) is 1.94. The molecule has 0 unspecified atom stereocenters. The van der Waals surface area contributed by atoms with Gasteiger partial charge in [-0.2, -0.15) is 10.2 Å². The van der Waals surface area contributed by atoms with Crippen LogP contribution in [0.4, 0.5) is 11.4 Å². The fourth-order valence-electron chi connectivity index (χ4n) is 2.23. The average molecular weight is 382 g/mol. The van der Waals surface area contributed by atoms with E-state index in [-0.39, 0.29) is 5.97 Å². The summed E-state index contributed by atoms with van der Waals surface area (Å²) in [5, 5.41) is 8.41. The largest absolute Gasteiger partial charge is 0.497 e. The molecule has 0 spiro atoms. The number of nitrogens with zero attached hydrogens (tertiary/aromatic N) is 2. The molecular weight excluding hydrogens is 356 g/mol. The molecule has 0 bridgehead atoms. The lowest BCUT2D eigenvalue weighted by Gasteiger charge is -2.07. The monoisotopic (exact) mass is 382 g/mol. The zero-order chi connectivity index (χ0) is 20.2. The number of esters is 1. The minimum Gasteiger partial charge on any atom is -0.497 e. The van der Waals surface area contributed by atoms with Crippen molar-refractivity contribution >= 4 is 17.3 Å². The number of carbonyl (C=O) groups excluding carboxylic acids is 1.